The van der Waals surface area contributed by atoms with E-state index in [0.29, 0.717) is 22.4 Å². The Kier molecular flexibility index (Phi) is 4.34. The molecule has 1 aliphatic rings. The molecule has 3 rings (SSSR count). The van der Waals surface area contributed by atoms with Gasteiger partial charge < -0.3 is 5.11 Å². The minimum Gasteiger partial charge on any atom is -0.507 e. The maximum atomic E-state index is 12.8. The number of amides is 4. The Balaban J connectivity index is 2.06. The Morgan fingerprint density at radius 2 is 1.65 bits per heavy atom. The second-order valence-electron chi connectivity index (χ2n) is 6.30. The van der Waals surface area contributed by atoms with Crippen LogP contribution in [0.4, 0.5) is 10.5 Å². The summed E-state index contributed by atoms with van der Waals surface area (Å²) in [7, 11) is 0. The quantitative estimate of drug-likeness (QED) is 0.644. The Hall–Kier alpha value is -3.41. The number of nitrogens with one attached hydrogen (secondary N) is 1. The molecule has 1 aliphatic heterocycles. The van der Waals surface area contributed by atoms with Crippen molar-refractivity contribution in [2.24, 2.45) is 0 Å². The predicted molar refractivity (Wildman–Crippen MR) is 97.8 cm³/mol. The van der Waals surface area contributed by atoms with Gasteiger partial charge in [-0.25, -0.2) is 9.69 Å². The van der Waals surface area contributed by atoms with Crippen LogP contribution in [0.5, 0.6) is 5.75 Å². The van der Waals surface area contributed by atoms with Crippen molar-refractivity contribution in [3.8, 4) is 5.75 Å². The number of urea groups is 1. The summed E-state index contributed by atoms with van der Waals surface area (Å²) in [4.78, 5) is 38.2. The molecule has 0 atom stereocenters. The summed E-state index contributed by atoms with van der Waals surface area (Å²) in [6.07, 6.45) is 1.42. The summed E-state index contributed by atoms with van der Waals surface area (Å²) in [6, 6.07) is 9.47. The number of hydrogen-bond donors (Lipinski definition) is 2. The number of aryl methyl sites for hydroxylation is 3. The van der Waals surface area contributed by atoms with Gasteiger partial charge >= 0.3 is 6.03 Å². The predicted octanol–water partition coefficient (Wildman–Crippen LogP) is 2.98. The molecule has 0 bridgehead atoms. The molecule has 26 heavy (non-hydrogen) atoms. The van der Waals surface area contributed by atoms with Crippen LogP contribution < -0.4 is 10.2 Å². The van der Waals surface area contributed by atoms with Crippen LogP contribution in [-0.2, 0) is 9.59 Å². The second-order valence-corrected chi connectivity index (χ2v) is 6.30. The highest BCUT2D eigenvalue weighted by molar-refractivity contribution is 6.39. The smallest absolute Gasteiger partial charge is 0.335 e. The molecule has 0 aromatic heterocycles. The van der Waals surface area contributed by atoms with Crippen molar-refractivity contribution in [3.05, 3.63) is 64.2 Å². The first-order valence-electron chi connectivity index (χ1n) is 8.06. The normalized spacial score (nSPS) is 16.2. The molecular formula is C20H18N2O4. The number of barbiturate groups is 1. The van der Waals surface area contributed by atoms with Gasteiger partial charge in [0.2, 0.25) is 0 Å². The fourth-order valence-electron chi connectivity index (χ4n) is 2.90. The lowest BCUT2D eigenvalue weighted by atomic mass is 10.0. The average Bonchev–Trinajstić information content (AvgIpc) is 2.56. The number of anilines is 1. The molecule has 1 fully saturated rings. The molecule has 4 amide bonds. The van der Waals surface area contributed by atoms with Gasteiger partial charge in [-0.1, -0.05) is 12.1 Å². The van der Waals surface area contributed by atoms with Crippen LogP contribution in [-0.4, -0.2) is 23.0 Å². The average molecular weight is 350 g/mol. The zero-order chi connectivity index (χ0) is 19.0. The highest BCUT2D eigenvalue weighted by atomic mass is 16.3. The molecular weight excluding hydrogens is 332 g/mol. The van der Waals surface area contributed by atoms with E-state index in [2.05, 4.69) is 5.32 Å². The van der Waals surface area contributed by atoms with Crippen molar-refractivity contribution in [1.82, 2.24) is 5.32 Å². The standard InChI is InChI=1S/C20H18N2O4/c1-11-5-4-6-15(7-11)22-19(25)16(18(24)21-20(22)26)10-14-8-12(2)17(23)13(3)9-14/h4-10,23H,1-3H3,(H,21,24,26)/b16-10+. The molecule has 0 spiro atoms. The van der Waals surface area contributed by atoms with Gasteiger partial charge in [0, 0.05) is 0 Å². The van der Waals surface area contributed by atoms with Gasteiger partial charge in [-0.05, 0) is 73.4 Å². The maximum absolute atomic E-state index is 12.8. The minimum atomic E-state index is -0.777. The summed E-state index contributed by atoms with van der Waals surface area (Å²) >= 11 is 0. The molecule has 0 unspecified atom stereocenters. The second kappa shape index (κ2) is 6.48. The number of nitrogens with zero attached hydrogens (tertiary/aromatic N) is 1. The van der Waals surface area contributed by atoms with Crippen molar-refractivity contribution in [3.63, 3.8) is 0 Å². The van der Waals surface area contributed by atoms with Crippen molar-refractivity contribution in [2.45, 2.75) is 20.8 Å². The van der Waals surface area contributed by atoms with Crippen LogP contribution in [0.2, 0.25) is 0 Å². The van der Waals surface area contributed by atoms with Crippen LogP contribution in [0.25, 0.3) is 6.08 Å². The van der Waals surface area contributed by atoms with Crippen molar-refractivity contribution in [1.29, 1.82) is 0 Å². The molecule has 6 heteroatoms. The lowest BCUT2D eigenvalue weighted by Crippen LogP contribution is -2.54. The van der Waals surface area contributed by atoms with E-state index in [9.17, 15) is 19.5 Å². The van der Waals surface area contributed by atoms with Crippen LogP contribution in [0, 0.1) is 20.8 Å². The molecule has 2 aromatic rings. The number of imide groups is 2. The number of rotatable bonds is 2. The minimum absolute atomic E-state index is 0.143. The molecule has 0 aliphatic carbocycles. The van der Waals surface area contributed by atoms with Crippen molar-refractivity contribution >= 4 is 29.6 Å². The number of benzene rings is 2. The Bertz CT molecular complexity index is 953. The van der Waals surface area contributed by atoms with Gasteiger partial charge in [0.1, 0.15) is 11.3 Å². The van der Waals surface area contributed by atoms with Crippen LogP contribution in [0.1, 0.15) is 22.3 Å². The molecule has 6 nitrogen and oxygen atoms in total. The molecule has 132 valence electrons. The van der Waals surface area contributed by atoms with Gasteiger partial charge in [-0.2, -0.15) is 0 Å². The maximum Gasteiger partial charge on any atom is 0.335 e. The lowest BCUT2D eigenvalue weighted by molar-refractivity contribution is -0.122. The van der Waals surface area contributed by atoms with E-state index >= 15 is 0 Å². The van der Waals surface area contributed by atoms with Crippen molar-refractivity contribution in [2.75, 3.05) is 4.90 Å². The van der Waals surface area contributed by atoms with Gasteiger partial charge in [0.25, 0.3) is 11.8 Å². The summed E-state index contributed by atoms with van der Waals surface area (Å²) in [5, 5.41) is 12.1. The Morgan fingerprint density at radius 3 is 2.27 bits per heavy atom. The lowest BCUT2D eigenvalue weighted by Gasteiger charge is -2.26. The third-order valence-corrected chi connectivity index (χ3v) is 4.19. The zero-order valence-corrected chi connectivity index (χ0v) is 14.7. The van der Waals surface area contributed by atoms with E-state index in [0.717, 1.165) is 10.5 Å². The van der Waals surface area contributed by atoms with Crippen molar-refractivity contribution < 1.29 is 19.5 Å². The third kappa shape index (κ3) is 3.09. The zero-order valence-electron chi connectivity index (χ0n) is 14.7. The Labute approximate surface area is 150 Å². The monoisotopic (exact) mass is 350 g/mol. The van der Waals surface area contributed by atoms with Crippen LogP contribution in [0.15, 0.2) is 42.0 Å². The van der Waals surface area contributed by atoms with E-state index in [4.69, 9.17) is 0 Å². The fourth-order valence-corrected chi connectivity index (χ4v) is 2.90. The number of aromatic hydroxyl groups is 1. The largest absolute Gasteiger partial charge is 0.507 e. The van der Waals surface area contributed by atoms with E-state index in [1.165, 1.54) is 6.08 Å². The van der Waals surface area contributed by atoms with Gasteiger partial charge in [0.15, 0.2) is 0 Å². The molecule has 1 heterocycles. The van der Waals surface area contributed by atoms with Gasteiger partial charge in [-0.15, -0.1) is 0 Å². The molecule has 0 radical (unpaired) electrons. The highest BCUT2D eigenvalue weighted by Crippen LogP contribution is 2.26. The van der Waals surface area contributed by atoms with Crippen LogP contribution >= 0.6 is 0 Å². The van der Waals surface area contributed by atoms with E-state index in [-0.39, 0.29) is 11.3 Å². The van der Waals surface area contributed by atoms with E-state index in [1.54, 1.807) is 44.2 Å². The summed E-state index contributed by atoms with van der Waals surface area (Å²) < 4.78 is 0. The number of hydrogen-bond acceptors (Lipinski definition) is 4. The first kappa shape index (κ1) is 17.4. The SMILES string of the molecule is Cc1cccc(N2C(=O)NC(=O)/C(=C\c3cc(C)c(O)c(C)c3)C2=O)c1. The van der Waals surface area contributed by atoms with Gasteiger partial charge in [0.05, 0.1) is 5.69 Å². The molecule has 1 saturated heterocycles. The van der Waals surface area contributed by atoms with Gasteiger partial charge in [-0.3, -0.25) is 14.9 Å². The first-order valence-corrected chi connectivity index (χ1v) is 8.06. The summed E-state index contributed by atoms with van der Waals surface area (Å²) in [5.41, 5.74) is 2.99. The third-order valence-electron chi connectivity index (χ3n) is 4.19. The number of phenols is 1. The molecule has 0 saturated carbocycles. The molecule has 2 N–H and O–H groups in total. The van der Waals surface area contributed by atoms with E-state index in [1.807, 2.05) is 13.0 Å². The topological polar surface area (TPSA) is 86.7 Å². The number of carbonyl (C=O) groups excluding carboxylic acids is 3. The summed E-state index contributed by atoms with van der Waals surface area (Å²) in [5.74, 6) is -1.26. The first-order chi connectivity index (χ1) is 12.3. The number of carbonyl (C=O) groups is 3. The van der Waals surface area contributed by atoms with E-state index < -0.39 is 17.8 Å². The van der Waals surface area contributed by atoms with Crippen LogP contribution in [0.3, 0.4) is 0 Å². The highest BCUT2D eigenvalue weighted by Gasteiger charge is 2.36. The fraction of sp³-hybridized carbons (Fsp3) is 0.150. The Morgan fingerprint density at radius 1 is 1.00 bits per heavy atom. The summed E-state index contributed by atoms with van der Waals surface area (Å²) in [6.45, 7) is 5.31. The molecule has 2 aromatic carbocycles. The number of phenolic OH excluding ortho intramolecular Hbond substituents is 1.